The average Bonchev–Trinajstić information content (AvgIpc) is 3.19. The number of ether oxygens (including phenoxy) is 1. The molecule has 19 nitrogen and oxygen atoms in total. The van der Waals surface area contributed by atoms with Gasteiger partial charge in [-0.3, -0.25) is 0 Å². The Morgan fingerprint density at radius 1 is 0.526 bits per heavy atom. The van der Waals surface area contributed by atoms with Crippen LogP contribution in [-0.4, -0.2) is 79.0 Å². The number of carboxylic acids is 4. The highest BCUT2D eigenvalue weighted by molar-refractivity contribution is 5.96. The molecule has 292 valence electrons. The number of azo groups is 2. The molecule has 0 radical (unpaired) electrons. The number of hydrogen-bond acceptors (Lipinski definition) is 15. The Morgan fingerprint density at radius 3 is 1.28 bits per heavy atom. The second kappa shape index (κ2) is 19.6. The van der Waals surface area contributed by atoms with E-state index in [-0.39, 0.29) is 51.5 Å². The van der Waals surface area contributed by atoms with Crippen LogP contribution in [0, 0.1) is 0 Å². The van der Waals surface area contributed by atoms with E-state index in [2.05, 4.69) is 58.3 Å². The fourth-order valence-corrected chi connectivity index (χ4v) is 4.83. The van der Waals surface area contributed by atoms with Gasteiger partial charge in [0.2, 0.25) is 17.8 Å². The maximum Gasteiger partial charge on any atom is 0.335 e. The maximum absolute atomic E-state index is 11.4. The molecule has 1 aromatic heterocycles. The van der Waals surface area contributed by atoms with Gasteiger partial charge in [0, 0.05) is 31.1 Å². The molecule has 0 aliphatic rings. The van der Waals surface area contributed by atoms with Gasteiger partial charge in [0.25, 0.3) is 0 Å². The first-order valence-electron chi connectivity index (χ1n) is 17.3. The second-order valence-electron chi connectivity index (χ2n) is 12.1. The summed E-state index contributed by atoms with van der Waals surface area (Å²) in [5.41, 5.74) is 1.17. The number of rotatable bonds is 20. The minimum atomic E-state index is -1.29. The Balaban J connectivity index is 1.30. The van der Waals surface area contributed by atoms with Crippen molar-refractivity contribution >= 4 is 75.8 Å². The molecule has 0 aliphatic heterocycles. The normalized spacial score (nSPS) is 11.1. The van der Waals surface area contributed by atoms with Crippen molar-refractivity contribution in [1.29, 1.82) is 0 Å². The minimum absolute atomic E-state index is 0.0608. The lowest BCUT2D eigenvalue weighted by Gasteiger charge is -2.12. The summed E-state index contributed by atoms with van der Waals surface area (Å²) < 4.78 is 5.64. The molecular formula is C38H36N10O9. The lowest BCUT2D eigenvalue weighted by Crippen LogP contribution is -2.12. The number of benzene rings is 4. The Labute approximate surface area is 324 Å². The predicted octanol–water partition coefficient (Wildman–Crippen LogP) is 8.60. The highest BCUT2D eigenvalue weighted by Gasteiger charge is 2.13. The van der Waals surface area contributed by atoms with E-state index >= 15 is 0 Å². The lowest BCUT2D eigenvalue weighted by atomic mass is 10.1. The number of carboxylic acid groups (broad SMARTS) is 4. The number of anilines is 5. The standard InChI is InChI=1S/C38H36N10O9/c1-2-3-14-57-15-4-13-39-36-42-37(40-26-5-9-28(10-6-26)45-47-30-18-22(32(49)50)16-23(19-30)33(51)52)44-38(43-36)41-27-7-11-29(12-8-27)46-48-31-20-24(34(53)54)17-25(21-31)35(55)56/h5-12,16-21H,2-4,13-15H2,1H3,(H,49,50)(H,51,52)(H,53,54)(H,55,56)(H3,39,40,41,42,43,44). The third-order valence-electron chi connectivity index (χ3n) is 7.66. The first kappa shape index (κ1) is 40.5. The molecule has 0 atom stereocenters. The minimum Gasteiger partial charge on any atom is -0.478 e. The Kier molecular flexibility index (Phi) is 13.9. The van der Waals surface area contributed by atoms with Gasteiger partial charge in [0.1, 0.15) is 0 Å². The van der Waals surface area contributed by atoms with Crippen LogP contribution >= 0.6 is 0 Å². The fraction of sp³-hybridized carbons (Fsp3) is 0.184. The summed E-state index contributed by atoms with van der Waals surface area (Å²) in [6, 6.07) is 20.3. The molecule has 4 aromatic carbocycles. The van der Waals surface area contributed by atoms with E-state index in [4.69, 9.17) is 4.74 Å². The Hall–Kier alpha value is -7.67. The van der Waals surface area contributed by atoms with Crippen molar-refractivity contribution in [1.82, 2.24) is 15.0 Å². The molecule has 5 aromatic rings. The van der Waals surface area contributed by atoms with Crippen LogP contribution in [0.25, 0.3) is 0 Å². The third-order valence-corrected chi connectivity index (χ3v) is 7.66. The van der Waals surface area contributed by atoms with Crippen molar-refractivity contribution in [2.45, 2.75) is 26.2 Å². The number of carbonyl (C=O) groups is 4. The van der Waals surface area contributed by atoms with Gasteiger partial charge in [-0.15, -0.1) is 0 Å². The summed E-state index contributed by atoms with van der Waals surface area (Å²) in [6.07, 6.45) is 2.75. The van der Waals surface area contributed by atoms with Gasteiger partial charge in [-0.05, 0) is 97.8 Å². The second-order valence-corrected chi connectivity index (χ2v) is 12.1. The van der Waals surface area contributed by atoms with Crippen LogP contribution in [0.5, 0.6) is 0 Å². The first-order valence-corrected chi connectivity index (χ1v) is 17.3. The largest absolute Gasteiger partial charge is 0.478 e. The van der Waals surface area contributed by atoms with Gasteiger partial charge in [0.15, 0.2) is 0 Å². The molecule has 0 aliphatic carbocycles. The van der Waals surface area contributed by atoms with E-state index in [1.807, 2.05) is 0 Å². The SMILES string of the molecule is CCCCOCCCNc1nc(Nc2ccc(N=Nc3cc(C(=O)O)cc(C(=O)O)c3)cc2)nc(Nc2ccc(N=Nc3cc(C(=O)O)cc(C(=O)O)c3)cc2)n1. The summed E-state index contributed by atoms with van der Waals surface area (Å²) in [6.45, 7) is 3.89. The zero-order valence-electron chi connectivity index (χ0n) is 30.3. The number of aromatic carboxylic acids is 4. The molecule has 0 fully saturated rings. The van der Waals surface area contributed by atoms with Crippen LogP contribution in [0.15, 0.2) is 105 Å². The van der Waals surface area contributed by atoms with E-state index in [0.29, 0.717) is 48.9 Å². The topological polar surface area (TPSA) is 283 Å². The molecule has 5 rings (SSSR count). The van der Waals surface area contributed by atoms with Crippen molar-refractivity contribution in [2.24, 2.45) is 20.5 Å². The van der Waals surface area contributed by atoms with Crippen molar-refractivity contribution in [3.8, 4) is 0 Å². The number of hydrogen-bond donors (Lipinski definition) is 7. The summed E-state index contributed by atoms with van der Waals surface area (Å²) in [7, 11) is 0. The van der Waals surface area contributed by atoms with Gasteiger partial charge < -0.3 is 41.1 Å². The quantitative estimate of drug-likeness (QED) is 0.0288. The molecule has 0 unspecified atom stereocenters. The lowest BCUT2D eigenvalue weighted by molar-refractivity contribution is 0.0676. The highest BCUT2D eigenvalue weighted by atomic mass is 16.5. The molecule has 0 bridgehead atoms. The van der Waals surface area contributed by atoms with Crippen LogP contribution in [0.4, 0.5) is 52.0 Å². The monoisotopic (exact) mass is 776 g/mol. The molecule has 0 spiro atoms. The summed E-state index contributed by atoms with van der Waals surface area (Å²) in [5, 5.41) is 62.9. The van der Waals surface area contributed by atoms with Gasteiger partial charge in [-0.1, -0.05) is 13.3 Å². The third kappa shape index (κ3) is 12.4. The number of nitrogens with one attached hydrogen (secondary N) is 3. The molecule has 0 amide bonds. The fourth-order valence-electron chi connectivity index (χ4n) is 4.83. The van der Waals surface area contributed by atoms with E-state index < -0.39 is 23.9 Å². The molecular weight excluding hydrogens is 740 g/mol. The smallest absolute Gasteiger partial charge is 0.335 e. The number of aromatic nitrogens is 3. The van der Waals surface area contributed by atoms with E-state index in [9.17, 15) is 39.6 Å². The van der Waals surface area contributed by atoms with Gasteiger partial charge >= 0.3 is 23.9 Å². The van der Waals surface area contributed by atoms with Crippen molar-refractivity contribution in [2.75, 3.05) is 35.7 Å². The van der Waals surface area contributed by atoms with Crippen molar-refractivity contribution < 1.29 is 44.3 Å². The van der Waals surface area contributed by atoms with E-state index in [1.54, 1.807) is 48.5 Å². The molecule has 7 N–H and O–H groups in total. The van der Waals surface area contributed by atoms with Crippen LogP contribution < -0.4 is 16.0 Å². The van der Waals surface area contributed by atoms with Crippen LogP contribution in [-0.2, 0) is 4.74 Å². The van der Waals surface area contributed by atoms with E-state index in [1.165, 1.54) is 24.3 Å². The molecule has 57 heavy (non-hydrogen) atoms. The molecule has 0 saturated carbocycles. The summed E-state index contributed by atoms with van der Waals surface area (Å²) in [4.78, 5) is 59.2. The highest BCUT2D eigenvalue weighted by Crippen LogP contribution is 2.26. The van der Waals surface area contributed by atoms with Crippen molar-refractivity contribution in [3.05, 3.63) is 107 Å². The van der Waals surface area contributed by atoms with Crippen LogP contribution in [0.1, 0.15) is 67.6 Å². The van der Waals surface area contributed by atoms with E-state index in [0.717, 1.165) is 25.0 Å². The zero-order valence-corrected chi connectivity index (χ0v) is 30.3. The average molecular weight is 777 g/mol. The van der Waals surface area contributed by atoms with Gasteiger partial charge in [-0.25, -0.2) is 19.2 Å². The first-order chi connectivity index (χ1) is 27.4. The maximum atomic E-state index is 11.4. The number of unbranched alkanes of at least 4 members (excludes halogenated alkanes) is 1. The number of nitrogens with zero attached hydrogens (tertiary/aromatic N) is 7. The summed E-state index contributed by atoms with van der Waals surface area (Å²) in [5.74, 6) is -4.50. The molecule has 19 heteroatoms. The summed E-state index contributed by atoms with van der Waals surface area (Å²) >= 11 is 0. The Morgan fingerprint density at radius 2 is 0.895 bits per heavy atom. The molecule has 1 heterocycles. The van der Waals surface area contributed by atoms with Gasteiger partial charge in [-0.2, -0.15) is 35.4 Å². The zero-order chi connectivity index (χ0) is 40.7. The Bertz CT molecular complexity index is 2090. The van der Waals surface area contributed by atoms with Crippen LogP contribution in [0.2, 0.25) is 0 Å². The molecule has 0 saturated heterocycles. The van der Waals surface area contributed by atoms with Crippen molar-refractivity contribution in [3.63, 3.8) is 0 Å². The van der Waals surface area contributed by atoms with Gasteiger partial charge in [0.05, 0.1) is 45.0 Å². The van der Waals surface area contributed by atoms with Crippen LogP contribution in [0.3, 0.4) is 0 Å². The predicted molar refractivity (Wildman–Crippen MR) is 207 cm³/mol.